The summed E-state index contributed by atoms with van der Waals surface area (Å²) in [6.45, 7) is 1.75. The SMILES string of the molecule is Cc1nnc(C[C@@H]2CC[C@H](NC(=O)Cc3c(F)cccc3F)C2)o1. The van der Waals surface area contributed by atoms with Crippen LogP contribution in [0.5, 0.6) is 0 Å². The van der Waals surface area contributed by atoms with E-state index < -0.39 is 11.6 Å². The molecule has 1 N–H and O–H groups in total. The zero-order valence-electron chi connectivity index (χ0n) is 13.4. The van der Waals surface area contributed by atoms with Crippen molar-refractivity contribution in [2.24, 2.45) is 5.92 Å². The van der Waals surface area contributed by atoms with Crippen LogP contribution in [0.2, 0.25) is 0 Å². The first kappa shape index (κ1) is 16.5. The molecule has 1 amide bonds. The van der Waals surface area contributed by atoms with Crippen LogP contribution >= 0.6 is 0 Å². The summed E-state index contributed by atoms with van der Waals surface area (Å²) >= 11 is 0. The van der Waals surface area contributed by atoms with Gasteiger partial charge in [-0.05, 0) is 37.3 Å². The predicted molar refractivity (Wildman–Crippen MR) is 82.1 cm³/mol. The molecule has 1 aromatic heterocycles. The average molecular weight is 335 g/mol. The number of amides is 1. The van der Waals surface area contributed by atoms with Gasteiger partial charge in [0.1, 0.15) is 11.6 Å². The van der Waals surface area contributed by atoms with Crippen LogP contribution in [0.15, 0.2) is 22.6 Å². The van der Waals surface area contributed by atoms with Gasteiger partial charge in [-0.25, -0.2) is 8.78 Å². The van der Waals surface area contributed by atoms with Crippen LogP contribution in [0.3, 0.4) is 0 Å². The third-order valence-corrected chi connectivity index (χ3v) is 4.34. The van der Waals surface area contributed by atoms with E-state index in [2.05, 4.69) is 15.5 Å². The van der Waals surface area contributed by atoms with Crippen LogP contribution in [-0.4, -0.2) is 22.1 Å². The van der Waals surface area contributed by atoms with Gasteiger partial charge in [0.15, 0.2) is 0 Å². The van der Waals surface area contributed by atoms with Gasteiger partial charge in [0, 0.05) is 24.9 Å². The van der Waals surface area contributed by atoms with Crippen molar-refractivity contribution in [2.75, 3.05) is 0 Å². The van der Waals surface area contributed by atoms with Crippen LogP contribution in [0.4, 0.5) is 8.78 Å². The number of benzene rings is 1. The molecule has 2 aromatic rings. The van der Waals surface area contributed by atoms with E-state index >= 15 is 0 Å². The monoisotopic (exact) mass is 335 g/mol. The number of rotatable bonds is 5. The van der Waals surface area contributed by atoms with Crippen molar-refractivity contribution in [1.29, 1.82) is 0 Å². The second kappa shape index (κ2) is 7.07. The minimum absolute atomic E-state index is 0.0151. The summed E-state index contributed by atoms with van der Waals surface area (Å²) in [5.41, 5.74) is -0.189. The maximum atomic E-state index is 13.6. The van der Waals surface area contributed by atoms with Gasteiger partial charge in [0.25, 0.3) is 0 Å². The van der Waals surface area contributed by atoms with E-state index in [0.717, 1.165) is 31.4 Å². The Labute approximate surface area is 138 Å². The molecule has 1 aliphatic carbocycles. The van der Waals surface area contributed by atoms with Crippen LogP contribution < -0.4 is 5.32 Å². The lowest BCUT2D eigenvalue weighted by Gasteiger charge is -2.13. The minimum Gasteiger partial charge on any atom is -0.426 e. The summed E-state index contributed by atoms with van der Waals surface area (Å²) in [7, 11) is 0. The smallest absolute Gasteiger partial charge is 0.224 e. The standard InChI is InChI=1S/C17H19F2N3O2/c1-10-21-22-17(24-10)8-11-5-6-12(7-11)20-16(23)9-13-14(18)3-2-4-15(13)19/h2-4,11-12H,5-9H2,1H3,(H,20,23)/t11-,12+/m1/s1. The summed E-state index contributed by atoms with van der Waals surface area (Å²) in [4.78, 5) is 12.1. The molecule has 3 rings (SSSR count). The highest BCUT2D eigenvalue weighted by molar-refractivity contribution is 5.79. The molecular formula is C17H19F2N3O2. The fourth-order valence-corrected chi connectivity index (χ4v) is 3.20. The second-order valence-corrected chi connectivity index (χ2v) is 6.24. The normalized spacial score (nSPS) is 20.3. The third kappa shape index (κ3) is 3.96. The molecule has 1 heterocycles. The summed E-state index contributed by atoms with van der Waals surface area (Å²) in [5.74, 6) is -0.237. The molecule has 0 spiro atoms. The Morgan fingerprint density at radius 2 is 2.04 bits per heavy atom. The van der Waals surface area contributed by atoms with Gasteiger partial charge in [-0.3, -0.25) is 4.79 Å². The first-order valence-corrected chi connectivity index (χ1v) is 8.02. The third-order valence-electron chi connectivity index (χ3n) is 4.34. The highest BCUT2D eigenvalue weighted by atomic mass is 19.1. The van der Waals surface area contributed by atoms with E-state index in [1.165, 1.54) is 6.07 Å². The maximum absolute atomic E-state index is 13.6. The molecular weight excluding hydrogens is 316 g/mol. The Morgan fingerprint density at radius 1 is 1.29 bits per heavy atom. The Bertz CT molecular complexity index is 712. The van der Waals surface area contributed by atoms with Gasteiger partial charge in [-0.2, -0.15) is 0 Å². The number of carbonyl (C=O) groups excluding carboxylic acids is 1. The molecule has 0 aliphatic heterocycles. The number of carbonyl (C=O) groups is 1. The fraction of sp³-hybridized carbons (Fsp3) is 0.471. The quantitative estimate of drug-likeness (QED) is 0.912. The molecule has 128 valence electrons. The highest BCUT2D eigenvalue weighted by Gasteiger charge is 2.27. The number of nitrogens with one attached hydrogen (secondary N) is 1. The van der Waals surface area contributed by atoms with Crippen molar-refractivity contribution in [3.63, 3.8) is 0 Å². The van der Waals surface area contributed by atoms with Crippen molar-refractivity contribution >= 4 is 5.91 Å². The molecule has 5 nitrogen and oxygen atoms in total. The van der Waals surface area contributed by atoms with Gasteiger partial charge in [-0.1, -0.05) is 6.07 Å². The maximum Gasteiger partial charge on any atom is 0.224 e. The molecule has 1 fully saturated rings. The van der Waals surface area contributed by atoms with E-state index in [0.29, 0.717) is 24.1 Å². The predicted octanol–water partition coefficient (Wildman–Crippen LogP) is 2.73. The number of aromatic nitrogens is 2. The summed E-state index contributed by atoms with van der Waals surface area (Å²) in [5, 5.41) is 10.6. The molecule has 1 saturated carbocycles. The lowest BCUT2D eigenvalue weighted by Crippen LogP contribution is -2.34. The van der Waals surface area contributed by atoms with E-state index in [-0.39, 0.29) is 23.9 Å². The van der Waals surface area contributed by atoms with Crippen LogP contribution in [0, 0.1) is 24.5 Å². The van der Waals surface area contributed by atoms with Crippen molar-refractivity contribution < 1.29 is 18.0 Å². The Kier molecular flexibility index (Phi) is 4.87. The number of hydrogen-bond donors (Lipinski definition) is 1. The molecule has 0 saturated heterocycles. The molecule has 0 bridgehead atoms. The van der Waals surface area contributed by atoms with Gasteiger partial charge in [0.05, 0.1) is 6.42 Å². The number of nitrogens with zero attached hydrogens (tertiary/aromatic N) is 2. The number of aryl methyl sites for hydroxylation is 1. The highest BCUT2D eigenvalue weighted by Crippen LogP contribution is 2.28. The second-order valence-electron chi connectivity index (χ2n) is 6.24. The van der Waals surface area contributed by atoms with Crippen molar-refractivity contribution in [1.82, 2.24) is 15.5 Å². The average Bonchev–Trinajstić information content (AvgIpc) is 3.13. The van der Waals surface area contributed by atoms with Crippen molar-refractivity contribution in [3.05, 3.63) is 47.2 Å². The van der Waals surface area contributed by atoms with E-state index in [1.807, 2.05) is 0 Å². The van der Waals surface area contributed by atoms with E-state index in [9.17, 15) is 13.6 Å². The van der Waals surface area contributed by atoms with Crippen LogP contribution in [0.1, 0.15) is 36.6 Å². The van der Waals surface area contributed by atoms with Crippen molar-refractivity contribution in [3.8, 4) is 0 Å². The van der Waals surface area contributed by atoms with Crippen LogP contribution in [0.25, 0.3) is 0 Å². The Hall–Kier alpha value is -2.31. The molecule has 0 unspecified atom stereocenters. The zero-order chi connectivity index (χ0) is 17.1. The van der Waals surface area contributed by atoms with Gasteiger partial charge in [0.2, 0.25) is 17.7 Å². The summed E-state index contributed by atoms with van der Waals surface area (Å²) in [6, 6.07) is 3.61. The van der Waals surface area contributed by atoms with E-state index in [4.69, 9.17) is 4.42 Å². The molecule has 1 aliphatic rings. The van der Waals surface area contributed by atoms with Crippen molar-refractivity contribution in [2.45, 2.75) is 45.1 Å². The van der Waals surface area contributed by atoms with Gasteiger partial charge < -0.3 is 9.73 Å². The first-order chi connectivity index (χ1) is 11.5. The number of halogens is 2. The van der Waals surface area contributed by atoms with Gasteiger partial charge in [-0.15, -0.1) is 10.2 Å². The molecule has 0 radical (unpaired) electrons. The Morgan fingerprint density at radius 3 is 2.71 bits per heavy atom. The lowest BCUT2D eigenvalue weighted by atomic mass is 10.0. The molecule has 2 atom stereocenters. The molecule has 7 heteroatoms. The number of hydrogen-bond acceptors (Lipinski definition) is 4. The first-order valence-electron chi connectivity index (χ1n) is 8.02. The van der Waals surface area contributed by atoms with Crippen LogP contribution in [-0.2, 0) is 17.6 Å². The summed E-state index contributed by atoms with van der Waals surface area (Å²) < 4.78 is 32.5. The lowest BCUT2D eigenvalue weighted by molar-refractivity contribution is -0.121. The largest absolute Gasteiger partial charge is 0.426 e. The summed E-state index contributed by atoms with van der Waals surface area (Å²) in [6.07, 6.45) is 2.98. The Balaban J connectivity index is 1.51. The fourth-order valence-electron chi connectivity index (χ4n) is 3.20. The topological polar surface area (TPSA) is 68.0 Å². The molecule has 24 heavy (non-hydrogen) atoms. The van der Waals surface area contributed by atoms with E-state index in [1.54, 1.807) is 6.92 Å². The minimum atomic E-state index is -0.693. The van der Waals surface area contributed by atoms with Gasteiger partial charge >= 0.3 is 0 Å². The zero-order valence-corrected chi connectivity index (χ0v) is 13.4. The molecule has 1 aromatic carbocycles.